The summed E-state index contributed by atoms with van der Waals surface area (Å²) in [6, 6.07) is 3.97. The van der Waals surface area contributed by atoms with Crippen LogP contribution in [0.25, 0.3) is 0 Å². The molecule has 122 valence electrons. The van der Waals surface area contributed by atoms with E-state index in [-0.39, 0.29) is 12.1 Å². The maximum atomic E-state index is 12.1. The Balaban J connectivity index is 1.89. The molecule has 5 heteroatoms. The molecule has 0 spiro atoms. The number of aromatic nitrogens is 1. The lowest BCUT2D eigenvalue weighted by molar-refractivity contribution is 0.0174. The molecule has 2 heterocycles. The van der Waals surface area contributed by atoms with Crippen molar-refractivity contribution in [3.63, 3.8) is 0 Å². The van der Waals surface area contributed by atoms with E-state index in [2.05, 4.69) is 4.98 Å². The smallest absolute Gasteiger partial charge is 0.410 e. The van der Waals surface area contributed by atoms with Crippen molar-refractivity contribution in [1.82, 2.24) is 9.88 Å². The van der Waals surface area contributed by atoms with Crippen molar-refractivity contribution >= 4 is 6.09 Å². The lowest BCUT2D eigenvalue weighted by Crippen LogP contribution is -2.43. The van der Waals surface area contributed by atoms with Crippen LogP contribution in [-0.4, -0.2) is 34.7 Å². The first-order chi connectivity index (χ1) is 10.3. The van der Waals surface area contributed by atoms with Gasteiger partial charge in [-0.1, -0.05) is 6.07 Å². The molecule has 2 rings (SSSR count). The highest BCUT2D eigenvalue weighted by Crippen LogP contribution is 2.28. The molecule has 22 heavy (non-hydrogen) atoms. The fourth-order valence-corrected chi connectivity index (χ4v) is 2.69. The predicted molar refractivity (Wildman–Crippen MR) is 86.4 cm³/mol. The zero-order valence-corrected chi connectivity index (χ0v) is 14.0. The van der Waals surface area contributed by atoms with E-state index in [1.807, 2.05) is 46.0 Å². The second kappa shape index (κ2) is 6.65. The summed E-state index contributed by atoms with van der Waals surface area (Å²) in [6.45, 7) is 9.06. The van der Waals surface area contributed by atoms with Crippen LogP contribution >= 0.6 is 0 Å². The highest BCUT2D eigenvalue weighted by atomic mass is 16.6. The first-order valence-electron chi connectivity index (χ1n) is 7.92. The average Bonchev–Trinajstić information content (AvgIpc) is 2.46. The first kappa shape index (κ1) is 16.7. The summed E-state index contributed by atoms with van der Waals surface area (Å²) in [5, 5.41) is 0. The predicted octanol–water partition coefficient (Wildman–Crippen LogP) is 3.04. The third-order valence-electron chi connectivity index (χ3n) is 3.97. The maximum Gasteiger partial charge on any atom is 0.410 e. The van der Waals surface area contributed by atoms with Gasteiger partial charge in [-0.3, -0.25) is 4.98 Å². The van der Waals surface area contributed by atoms with Crippen LogP contribution in [0, 0.1) is 12.8 Å². The summed E-state index contributed by atoms with van der Waals surface area (Å²) in [5.74, 6) is 0.355. The number of carbonyl (C=O) groups is 1. The fourth-order valence-electron chi connectivity index (χ4n) is 2.69. The number of carbonyl (C=O) groups excluding carboxylic acids is 1. The number of hydrogen-bond donors (Lipinski definition) is 1. The van der Waals surface area contributed by atoms with Gasteiger partial charge in [-0.15, -0.1) is 0 Å². The third kappa shape index (κ3) is 4.44. The molecular weight excluding hydrogens is 278 g/mol. The van der Waals surface area contributed by atoms with Gasteiger partial charge in [0.15, 0.2) is 0 Å². The van der Waals surface area contributed by atoms with Crippen molar-refractivity contribution in [3.05, 3.63) is 29.6 Å². The van der Waals surface area contributed by atoms with E-state index in [4.69, 9.17) is 10.5 Å². The topological polar surface area (TPSA) is 68.5 Å². The SMILES string of the molecule is Cc1ccc(C(N)C2CCN(C(=O)OC(C)(C)C)CC2)nc1. The van der Waals surface area contributed by atoms with Gasteiger partial charge in [0.2, 0.25) is 0 Å². The van der Waals surface area contributed by atoms with Gasteiger partial charge in [-0.2, -0.15) is 0 Å². The molecule has 0 aromatic carbocycles. The number of ether oxygens (including phenoxy) is 1. The van der Waals surface area contributed by atoms with Crippen LogP contribution in [0.15, 0.2) is 18.3 Å². The standard InChI is InChI=1S/C17H27N3O2/c1-12-5-6-14(19-11-12)15(18)13-7-9-20(10-8-13)16(21)22-17(2,3)4/h5-6,11,13,15H,7-10,18H2,1-4H3. The average molecular weight is 305 g/mol. The number of hydrogen-bond acceptors (Lipinski definition) is 4. The molecule has 1 aromatic heterocycles. The zero-order valence-electron chi connectivity index (χ0n) is 14.0. The minimum absolute atomic E-state index is 0.0682. The number of rotatable bonds is 2. The van der Waals surface area contributed by atoms with E-state index in [0.29, 0.717) is 19.0 Å². The van der Waals surface area contributed by atoms with Crippen LogP contribution in [0.4, 0.5) is 4.79 Å². The van der Waals surface area contributed by atoms with Crippen LogP contribution in [0.3, 0.4) is 0 Å². The molecule has 1 atom stereocenters. The van der Waals surface area contributed by atoms with Gasteiger partial charge in [0.25, 0.3) is 0 Å². The zero-order chi connectivity index (χ0) is 16.3. The lowest BCUT2D eigenvalue weighted by Gasteiger charge is -2.35. The molecule has 1 unspecified atom stereocenters. The molecule has 0 aliphatic carbocycles. The number of pyridine rings is 1. The molecule has 5 nitrogen and oxygen atoms in total. The largest absolute Gasteiger partial charge is 0.444 e. The molecule has 1 aromatic rings. The van der Waals surface area contributed by atoms with Crippen molar-refractivity contribution in [2.24, 2.45) is 11.7 Å². The lowest BCUT2D eigenvalue weighted by atomic mass is 9.88. The van der Waals surface area contributed by atoms with Gasteiger partial charge >= 0.3 is 6.09 Å². The summed E-state index contributed by atoms with van der Waals surface area (Å²) in [6.07, 6.45) is 3.39. The van der Waals surface area contributed by atoms with Gasteiger partial charge in [0, 0.05) is 25.3 Å². The normalized spacial score (nSPS) is 18.1. The molecule has 1 aliphatic heterocycles. The maximum absolute atomic E-state index is 12.1. The summed E-state index contributed by atoms with van der Waals surface area (Å²) in [7, 11) is 0. The van der Waals surface area contributed by atoms with Crippen LogP contribution in [0.1, 0.15) is 50.9 Å². The Kier molecular flexibility index (Phi) is 5.06. The quantitative estimate of drug-likeness (QED) is 0.912. The van der Waals surface area contributed by atoms with Crippen LogP contribution < -0.4 is 5.73 Å². The van der Waals surface area contributed by atoms with Gasteiger partial charge in [-0.05, 0) is 58.1 Å². The van der Waals surface area contributed by atoms with E-state index in [1.165, 1.54) is 0 Å². The second-order valence-electron chi connectivity index (χ2n) is 7.09. The summed E-state index contributed by atoms with van der Waals surface area (Å²) in [5.41, 5.74) is 7.96. The van der Waals surface area contributed by atoms with E-state index in [9.17, 15) is 4.79 Å². The molecule has 2 N–H and O–H groups in total. The highest BCUT2D eigenvalue weighted by Gasteiger charge is 2.30. The number of nitrogens with zero attached hydrogens (tertiary/aromatic N) is 2. The molecule has 1 fully saturated rings. The Hall–Kier alpha value is -1.62. The number of likely N-dealkylation sites (tertiary alicyclic amines) is 1. The number of piperidine rings is 1. The Morgan fingerprint density at radius 2 is 2.00 bits per heavy atom. The van der Waals surface area contributed by atoms with Crippen molar-refractivity contribution in [2.45, 2.75) is 52.2 Å². The molecule has 0 radical (unpaired) electrons. The molecule has 1 aliphatic rings. The molecule has 0 bridgehead atoms. The molecule has 0 saturated carbocycles. The van der Waals surface area contributed by atoms with E-state index >= 15 is 0 Å². The van der Waals surface area contributed by atoms with E-state index in [1.54, 1.807) is 4.90 Å². The van der Waals surface area contributed by atoms with Gasteiger partial charge < -0.3 is 15.4 Å². The Morgan fingerprint density at radius 1 is 1.36 bits per heavy atom. The monoisotopic (exact) mass is 305 g/mol. The second-order valence-corrected chi connectivity index (χ2v) is 7.09. The van der Waals surface area contributed by atoms with Crippen molar-refractivity contribution in [3.8, 4) is 0 Å². The highest BCUT2D eigenvalue weighted by molar-refractivity contribution is 5.68. The minimum Gasteiger partial charge on any atom is -0.444 e. The van der Waals surface area contributed by atoms with Crippen molar-refractivity contribution in [2.75, 3.05) is 13.1 Å². The van der Waals surface area contributed by atoms with Gasteiger partial charge in [0.1, 0.15) is 5.60 Å². The Morgan fingerprint density at radius 3 is 2.50 bits per heavy atom. The first-order valence-corrected chi connectivity index (χ1v) is 7.92. The molecule has 1 amide bonds. The van der Waals surface area contributed by atoms with Crippen molar-refractivity contribution < 1.29 is 9.53 Å². The fraction of sp³-hybridized carbons (Fsp3) is 0.647. The summed E-state index contributed by atoms with van der Waals surface area (Å²) < 4.78 is 5.41. The van der Waals surface area contributed by atoms with E-state index < -0.39 is 5.60 Å². The minimum atomic E-state index is -0.448. The Labute approximate surface area is 132 Å². The van der Waals surface area contributed by atoms with E-state index in [0.717, 1.165) is 24.1 Å². The summed E-state index contributed by atoms with van der Waals surface area (Å²) >= 11 is 0. The number of amides is 1. The number of aryl methyl sites for hydroxylation is 1. The number of nitrogens with two attached hydrogens (primary N) is 1. The van der Waals surface area contributed by atoms with Crippen LogP contribution in [-0.2, 0) is 4.74 Å². The molecule has 1 saturated heterocycles. The third-order valence-corrected chi connectivity index (χ3v) is 3.97. The summed E-state index contributed by atoms with van der Waals surface area (Å²) in [4.78, 5) is 18.3. The van der Waals surface area contributed by atoms with Crippen LogP contribution in [0.2, 0.25) is 0 Å². The van der Waals surface area contributed by atoms with Crippen molar-refractivity contribution in [1.29, 1.82) is 0 Å². The Bertz CT molecular complexity index is 500. The van der Waals surface area contributed by atoms with Gasteiger partial charge in [-0.25, -0.2) is 4.79 Å². The molecular formula is C17H27N3O2. The van der Waals surface area contributed by atoms with Gasteiger partial charge in [0.05, 0.1) is 5.69 Å². The van der Waals surface area contributed by atoms with Crippen LogP contribution in [0.5, 0.6) is 0 Å².